The van der Waals surface area contributed by atoms with Crippen LogP contribution in [-0.4, -0.2) is 13.9 Å². The molecule has 0 N–H and O–H groups in total. The van der Waals surface area contributed by atoms with Gasteiger partial charge in [0.1, 0.15) is 5.44 Å². The van der Waals surface area contributed by atoms with Crippen molar-refractivity contribution in [2.45, 2.75) is 76.6 Å². The predicted molar refractivity (Wildman–Crippen MR) is 73.2 cm³/mol. The number of hydrogen-bond donors (Lipinski definition) is 0. The lowest BCUT2D eigenvalue weighted by molar-refractivity contribution is 0.268. The lowest BCUT2D eigenvalue weighted by atomic mass is 10.1. The van der Waals surface area contributed by atoms with Gasteiger partial charge in [-0.25, -0.2) is 4.18 Å². The van der Waals surface area contributed by atoms with E-state index in [1.165, 1.54) is 51.4 Å². The molecule has 0 aromatic carbocycles. The monoisotopic (exact) mass is 280 g/mol. The van der Waals surface area contributed by atoms with E-state index in [0.29, 0.717) is 0 Å². The predicted octanol–water partition coefficient (Wildman–Crippen LogP) is 4.24. The van der Waals surface area contributed by atoms with Gasteiger partial charge in [0.25, 0.3) is 0 Å². The normalized spacial score (nSPS) is 22.3. The van der Waals surface area contributed by atoms with Gasteiger partial charge in [0, 0.05) is 10.8 Å². The highest BCUT2D eigenvalue weighted by atomic mass is 33.2. The van der Waals surface area contributed by atoms with Crippen LogP contribution >= 0.6 is 10.8 Å². The fourth-order valence-corrected chi connectivity index (χ4v) is 4.46. The van der Waals surface area contributed by atoms with E-state index in [4.69, 9.17) is 4.18 Å². The molecule has 0 aromatic rings. The lowest BCUT2D eigenvalue weighted by Crippen LogP contribution is -2.25. The molecule has 3 nitrogen and oxygen atoms in total. The first-order valence-corrected chi connectivity index (χ1v) is 9.56. The van der Waals surface area contributed by atoms with Gasteiger partial charge in [0.2, 0.25) is 0 Å². The first kappa shape index (κ1) is 15.3. The summed E-state index contributed by atoms with van der Waals surface area (Å²) in [5.41, 5.74) is -0.0930. The van der Waals surface area contributed by atoms with Crippen LogP contribution in [0.2, 0.25) is 0 Å². The minimum absolute atomic E-state index is 0.0930. The Morgan fingerprint density at radius 2 is 1.41 bits per heavy atom. The van der Waals surface area contributed by atoms with Crippen LogP contribution in [0.3, 0.4) is 0 Å². The number of hydrogen-bond acceptors (Lipinski definition) is 4. The second kappa shape index (κ2) is 8.38. The van der Waals surface area contributed by atoms with Crippen LogP contribution in [0.25, 0.3) is 0 Å². The van der Waals surface area contributed by atoms with Crippen molar-refractivity contribution < 1.29 is 12.6 Å². The van der Waals surface area contributed by atoms with Crippen LogP contribution in [0.5, 0.6) is 0 Å². The third-order valence-corrected chi connectivity index (χ3v) is 5.95. The molecule has 1 unspecified atom stereocenters. The van der Waals surface area contributed by atoms with E-state index in [1.807, 2.05) is 0 Å². The van der Waals surface area contributed by atoms with Crippen LogP contribution in [0.15, 0.2) is 0 Å². The summed E-state index contributed by atoms with van der Waals surface area (Å²) in [6, 6.07) is 0. The molecule has 1 atom stereocenters. The van der Waals surface area contributed by atoms with Gasteiger partial charge in [-0.1, -0.05) is 58.3 Å². The maximum Gasteiger partial charge on any atom is 0.325 e. The van der Waals surface area contributed by atoms with Gasteiger partial charge >= 0.3 is 9.15 Å². The van der Waals surface area contributed by atoms with Gasteiger partial charge < -0.3 is 0 Å². The highest BCUT2D eigenvalue weighted by Crippen LogP contribution is 2.38. The molecule has 0 amide bonds. The Hall–Kier alpha value is 0.260. The topological polar surface area (TPSA) is 43.4 Å². The molecule has 1 saturated heterocycles. The van der Waals surface area contributed by atoms with Crippen LogP contribution in [0, 0.1) is 0 Å². The van der Waals surface area contributed by atoms with Crippen molar-refractivity contribution in [2.24, 2.45) is 0 Å². The zero-order valence-corrected chi connectivity index (χ0v) is 12.3. The molecule has 0 radical (unpaired) electrons. The minimum Gasteiger partial charge on any atom is -0.246 e. The summed E-state index contributed by atoms with van der Waals surface area (Å²) in [5.74, 6) is 0. The molecular formula is C12H24O3S2. The molecule has 5 heteroatoms. The molecule has 0 bridgehead atoms. The molecule has 17 heavy (non-hydrogen) atoms. The first-order valence-electron chi connectivity index (χ1n) is 6.75. The quantitative estimate of drug-likeness (QED) is 0.443. The Bertz CT molecular complexity index is 276. The average molecular weight is 280 g/mol. The molecule has 1 heterocycles. The standard InChI is InChI=1S/C12H24O3S2/c1-2-3-4-5-6-7-8-9-10-11-12-15-17(13,14)16-12/h12H,2-11H2,1H3. The summed E-state index contributed by atoms with van der Waals surface area (Å²) < 4.78 is 26.1. The van der Waals surface area contributed by atoms with Crippen molar-refractivity contribution in [3.05, 3.63) is 0 Å². The molecule has 1 fully saturated rings. The van der Waals surface area contributed by atoms with Gasteiger partial charge in [-0.2, -0.15) is 8.42 Å². The Morgan fingerprint density at radius 3 is 1.88 bits per heavy atom. The van der Waals surface area contributed by atoms with Crippen LogP contribution < -0.4 is 0 Å². The molecule has 1 aliphatic heterocycles. The van der Waals surface area contributed by atoms with Crippen molar-refractivity contribution in [3.63, 3.8) is 0 Å². The van der Waals surface area contributed by atoms with Gasteiger partial charge in [-0.05, 0) is 12.8 Å². The second-order valence-electron chi connectivity index (χ2n) is 4.65. The largest absolute Gasteiger partial charge is 0.325 e. The Morgan fingerprint density at radius 1 is 0.941 bits per heavy atom. The Balaban J connectivity index is 1.76. The van der Waals surface area contributed by atoms with Crippen molar-refractivity contribution in [2.75, 3.05) is 0 Å². The fourth-order valence-electron chi connectivity index (χ4n) is 1.99. The zero-order valence-electron chi connectivity index (χ0n) is 10.7. The molecule has 0 aromatic heterocycles. The molecular weight excluding hydrogens is 256 g/mol. The highest BCUT2D eigenvalue weighted by Gasteiger charge is 2.35. The molecule has 0 saturated carbocycles. The van der Waals surface area contributed by atoms with Gasteiger partial charge in [-0.15, -0.1) is 0 Å². The van der Waals surface area contributed by atoms with Crippen molar-refractivity contribution in [1.29, 1.82) is 0 Å². The third-order valence-electron chi connectivity index (χ3n) is 2.99. The zero-order chi connectivity index (χ0) is 12.6. The molecule has 0 aliphatic carbocycles. The van der Waals surface area contributed by atoms with Gasteiger partial charge in [-0.3, -0.25) is 0 Å². The van der Waals surface area contributed by atoms with Crippen LogP contribution in [-0.2, 0) is 13.3 Å². The first-order chi connectivity index (χ1) is 8.14. The maximum absolute atomic E-state index is 10.7. The minimum atomic E-state index is -3.17. The number of rotatable bonds is 10. The summed E-state index contributed by atoms with van der Waals surface area (Å²) in [7, 11) is -2.22. The van der Waals surface area contributed by atoms with E-state index in [2.05, 4.69) is 6.92 Å². The summed E-state index contributed by atoms with van der Waals surface area (Å²) in [6.07, 6.45) is 12.5. The van der Waals surface area contributed by atoms with E-state index < -0.39 is 9.15 Å². The highest BCUT2D eigenvalue weighted by molar-refractivity contribution is 8.72. The molecule has 1 rings (SSSR count). The van der Waals surface area contributed by atoms with E-state index in [1.54, 1.807) is 0 Å². The molecule has 1 aliphatic rings. The molecule has 0 spiro atoms. The summed E-state index contributed by atoms with van der Waals surface area (Å²) in [4.78, 5) is 0. The van der Waals surface area contributed by atoms with Crippen LogP contribution in [0.4, 0.5) is 0 Å². The van der Waals surface area contributed by atoms with E-state index in [0.717, 1.165) is 23.6 Å². The van der Waals surface area contributed by atoms with Gasteiger partial charge in [0.15, 0.2) is 0 Å². The SMILES string of the molecule is CCCCCCCCCCCC1OS(=O)(=O)S1. The maximum atomic E-state index is 10.7. The smallest absolute Gasteiger partial charge is 0.246 e. The Kier molecular flexibility index (Phi) is 7.55. The Labute approximate surface area is 109 Å². The van der Waals surface area contributed by atoms with Crippen LogP contribution in [0.1, 0.15) is 71.1 Å². The second-order valence-corrected chi connectivity index (χ2v) is 8.18. The summed E-state index contributed by atoms with van der Waals surface area (Å²) >= 11 is 0. The third kappa shape index (κ3) is 7.32. The van der Waals surface area contributed by atoms with Crippen molar-refractivity contribution in [1.82, 2.24) is 0 Å². The van der Waals surface area contributed by atoms with E-state index >= 15 is 0 Å². The fraction of sp³-hybridized carbons (Fsp3) is 1.00. The lowest BCUT2D eigenvalue weighted by Gasteiger charge is -2.23. The van der Waals surface area contributed by atoms with E-state index in [9.17, 15) is 8.42 Å². The van der Waals surface area contributed by atoms with E-state index in [-0.39, 0.29) is 5.44 Å². The average Bonchev–Trinajstić information content (AvgIpc) is 2.24. The summed E-state index contributed by atoms with van der Waals surface area (Å²) in [6.45, 7) is 2.24. The summed E-state index contributed by atoms with van der Waals surface area (Å²) in [5, 5.41) is 0. The molecule has 102 valence electrons. The van der Waals surface area contributed by atoms with Gasteiger partial charge in [0.05, 0.1) is 0 Å². The van der Waals surface area contributed by atoms with Crippen molar-refractivity contribution in [3.8, 4) is 0 Å². The number of unbranched alkanes of at least 4 members (excludes halogenated alkanes) is 8. The van der Waals surface area contributed by atoms with Crippen molar-refractivity contribution >= 4 is 19.9 Å².